The molecule has 2 aromatic carbocycles. The van der Waals surface area contributed by atoms with Crippen molar-refractivity contribution in [3.63, 3.8) is 0 Å². The quantitative estimate of drug-likeness (QED) is 0.624. The molecule has 2 aromatic rings. The number of halogens is 2. The van der Waals surface area contributed by atoms with Gasteiger partial charge in [0, 0.05) is 6.07 Å². The number of carbonyl (C=O) groups excluding carboxylic acids is 1. The molecule has 0 saturated carbocycles. The number of nitrogens with zero attached hydrogens (tertiary/aromatic N) is 1. The van der Waals surface area contributed by atoms with Crippen molar-refractivity contribution < 1.29 is 14.3 Å². The maximum Gasteiger partial charge on any atom is 0.273 e. The van der Waals surface area contributed by atoms with Crippen molar-refractivity contribution in [3.05, 3.63) is 62.8 Å². The van der Waals surface area contributed by atoms with Crippen LogP contribution in [0.1, 0.15) is 15.9 Å². The van der Waals surface area contributed by atoms with Crippen LogP contribution in [0.4, 0.5) is 5.69 Å². The summed E-state index contributed by atoms with van der Waals surface area (Å²) in [7, 11) is 1.45. The Kier molecular flexibility index (Phi) is 3.35. The second-order valence-electron chi connectivity index (χ2n) is 4.46. The van der Waals surface area contributed by atoms with Gasteiger partial charge in [0.2, 0.25) is 5.69 Å². The average Bonchev–Trinajstić information content (AvgIpc) is 2.74. The zero-order valence-electron chi connectivity index (χ0n) is 10.9. The molecule has 0 aliphatic carbocycles. The highest BCUT2D eigenvalue weighted by atomic mass is 35.5. The molecular formula is C15H9Cl2NO3. The minimum absolute atomic E-state index is 0.00747. The summed E-state index contributed by atoms with van der Waals surface area (Å²) < 4.78 is 5.75. The molecule has 1 aliphatic heterocycles. The molecule has 0 unspecified atom stereocenters. The van der Waals surface area contributed by atoms with Gasteiger partial charge in [0.25, 0.3) is 11.5 Å². The lowest BCUT2D eigenvalue weighted by atomic mass is 10.0. The first-order valence-corrected chi connectivity index (χ1v) is 6.81. The van der Waals surface area contributed by atoms with E-state index in [4.69, 9.17) is 27.9 Å². The van der Waals surface area contributed by atoms with Crippen LogP contribution >= 0.6 is 23.2 Å². The number of benzene rings is 2. The van der Waals surface area contributed by atoms with E-state index in [2.05, 4.69) is 0 Å². The lowest BCUT2D eigenvalue weighted by molar-refractivity contribution is -0.355. The van der Waals surface area contributed by atoms with Crippen molar-refractivity contribution in [2.45, 2.75) is 0 Å². The summed E-state index contributed by atoms with van der Waals surface area (Å²) in [6, 6.07) is 9.52. The van der Waals surface area contributed by atoms with Crippen LogP contribution in [0.3, 0.4) is 0 Å². The standard InChI is InChI=1S/C15H9Cl2NO3/c1-21-12-4-2-3-11-13(12)15(19)14(18(11)20)8-5-6-9(16)10(17)7-8/h2-7H,1H3. The topological polar surface area (TPSA) is 52.4 Å². The Balaban J connectivity index is 2.20. The van der Waals surface area contributed by atoms with Crippen LogP contribution in [-0.2, 0) is 0 Å². The molecule has 0 atom stereocenters. The Hall–Kier alpha value is -2.04. The van der Waals surface area contributed by atoms with Crippen molar-refractivity contribution in [1.82, 2.24) is 0 Å². The molecule has 1 aliphatic rings. The van der Waals surface area contributed by atoms with Gasteiger partial charge in [-0.05, 0) is 24.3 Å². The van der Waals surface area contributed by atoms with Gasteiger partial charge in [0.15, 0.2) is 0 Å². The Bertz CT molecular complexity index is 800. The van der Waals surface area contributed by atoms with Crippen molar-refractivity contribution in [3.8, 4) is 5.75 Å². The number of carbonyl (C=O) groups is 1. The Labute approximate surface area is 130 Å². The fraction of sp³-hybridized carbons (Fsp3) is 0.0667. The number of rotatable bonds is 2. The molecule has 0 aromatic heterocycles. The van der Waals surface area contributed by atoms with Crippen LogP contribution in [0.25, 0.3) is 0 Å². The summed E-state index contributed by atoms with van der Waals surface area (Å²) in [4.78, 5) is 12.5. The molecule has 0 amide bonds. The van der Waals surface area contributed by atoms with Gasteiger partial charge in [-0.25, -0.2) is 0 Å². The first-order chi connectivity index (χ1) is 10.0. The van der Waals surface area contributed by atoms with Gasteiger partial charge >= 0.3 is 0 Å². The third kappa shape index (κ3) is 2.07. The monoisotopic (exact) mass is 321 g/mol. The number of Topliss-reactive ketones (excluding diaryl/α,β-unsaturated/α-hetero) is 1. The summed E-state index contributed by atoms with van der Waals surface area (Å²) in [6.07, 6.45) is 0. The van der Waals surface area contributed by atoms with Crippen LogP contribution in [-0.4, -0.2) is 23.3 Å². The average molecular weight is 322 g/mol. The van der Waals surface area contributed by atoms with Gasteiger partial charge in [-0.1, -0.05) is 29.3 Å². The molecule has 0 saturated heterocycles. The van der Waals surface area contributed by atoms with Gasteiger partial charge in [-0.2, -0.15) is 4.74 Å². The molecule has 0 bridgehead atoms. The summed E-state index contributed by atoms with van der Waals surface area (Å²) in [6.45, 7) is 0. The number of methoxy groups -OCH3 is 1. The Morgan fingerprint density at radius 1 is 1.14 bits per heavy atom. The molecule has 0 fully saturated rings. The van der Waals surface area contributed by atoms with Gasteiger partial charge in [-0.15, -0.1) is 0 Å². The molecule has 21 heavy (non-hydrogen) atoms. The molecule has 6 heteroatoms. The fourth-order valence-corrected chi connectivity index (χ4v) is 2.61. The molecule has 106 valence electrons. The van der Waals surface area contributed by atoms with E-state index < -0.39 is 5.78 Å². The fourth-order valence-electron chi connectivity index (χ4n) is 2.31. The van der Waals surface area contributed by atoms with E-state index in [0.29, 0.717) is 21.1 Å². The lowest BCUT2D eigenvalue weighted by Gasteiger charge is -2.03. The predicted octanol–water partition coefficient (Wildman–Crippen LogP) is 3.83. The van der Waals surface area contributed by atoms with E-state index in [9.17, 15) is 10.0 Å². The summed E-state index contributed by atoms with van der Waals surface area (Å²) in [5, 5.41) is 13.0. The highest BCUT2D eigenvalue weighted by Crippen LogP contribution is 2.35. The lowest BCUT2D eigenvalue weighted by Crippen LogP contribution is -2.16. The molecule has 0 radical (unpaired) electrons. The molecular weight excluding hydrogens is 313 g/mol. The van der Waals surface area contributed by atoms with Crippen molar-refractivity contribution in [2.75, 3.05) is 7.11 Å². The van der Waals surface area contributed by atoms with Crippen LogP contribution in [0, 0.1) is 5.21 Å². The van der Waals surface area contributed by atoms with Crippen LogP contribution in [0.15, 0.2) is 36.4 Å². The minimum Gasteiger partial charge on any atom is -0.618 e. The van der Waals surface area contributed by atoms with E-state index in [-0.39, 0.29) is 22.0 Å². The zero-order valence-corrected chi connectivity index (χ0v) is 12.4. The largest absolute Gasteiger partial charge is 0.618 e. The van der Waals surface area contributed by atoms with Gasteiger partial charge < -0.3 is 9.94 Å². The van der Waals surface area contributed by atoms with Gasteiger partial charge in [0.1, 0.15) is 11.3 Å². The summed E-state index contributed by atoms with van der Waals surface area (Å²) in [5.41, 5.74) is 0.951. The van der Waals surface area contributed by atoms with Gasteiger partial charge in [0.05, 0.1) is 22.7 Å². The Morgan fingerprint density at radius 2 is 1.90 bits per heavy atom. The van der Waals surface area contributed by atoms with Crippen LogP contribution in [0.5, 0.6) is 5.75 Å². The third-order valence-corrected chi connectivity index (χ3v) is 4.02. The van der Waals surface area contributed by atoms with E-state index >= 15 is 0 Å². The highest BCUT2D eigenvalue weighted by molar-refractivity contribution is 6.53. The SMILES string of the molecule is COc1cccc2c1C(=O)C(c1ccc(Cl)c(Cl)c1)=[N+]2[O-]. The number of hydrogen-bond acceptors (Lipinski definition) is 3. The van der Waals surface area contributed by atoms with Gasteiger partial charge in [-0.3, -0.25) is 4.79 Å². The minimum atomic E-state index is -0.393. The number of fused-ring (bicyclic) bond motifs is 1. The third-order valence-electron chi connectivity index (χ3n) is 3.28. The van der Waals surface area contributed by atoms with E-state index in [1.165, 1.54) is 13.2 Å². The second-order valence-corrected chi connectivity index (χ2v) is 5.27. The van der Waals surface area contributed by atoms with E-state index in [1.54, 1.807) is 30.3 Å². The first-order valence-electron chi connectivity index (χ1n) is 6.06. The first kappa shape index (κ1) is 13.9. The normalized spacial score (nSPS) is 13.6. The number of hydrogen-bond donors (Lipinski definition) is 0. The highest BCUT2D eigenvalue weighted by Gasteiger charge is 2.39. The molecule has 3 rings (SSSR count). The predicted molar refractivity (Wildman–Crippen MR) is 81.2 cm³/mol. The number of ether oxygens (including phenoxy) is 1. The van der Waals surface area contributed by atoms with Crippen molar-refractivity contribution in [2.24, 2.45) is 0 Å². The van der Waals surface area contributed by atoms with Crippen LogP contribution < -0.4 is 4.74 Å². The van der Waals surface area contributed by atoms with Crippen molar-refractivity contribution >= 4 is 40.4 Å². The molecule has 1 heterocycles. The van der Waals surface area contributed by atoms with E-state index in [1.807, 2.05) is 0 Å². The smallest absolute Gasteiger partial charge is 0.273 e. The maximum absolute atomic E-state index is 12.5. The van der Waals surface area contributed by atoms with Crippen LogP contribution in [0.2, 0.25) is 10.0 Å². The molecule has 0 N–H and O–H groups in total. The maximum atomic E-state index is 12.5. The summed E-state index contributed by atoms with van der Waals surface area (Å²) in [5.74, 6) is -0.0238. The number of ketones is 1. The summed E-state index contributed by atoms with van der Waals surface area (Å²) >= 11 is 11.8. The van der Waals surface area contributed by atoms with Crippen molar-refractivity contribution in [1.29, 1.82) is 0 Å². The van der Waals surface area contributed by atoms with E-state index in [0.717, 1.165) is 0 Å². The molecule has 4 nitrogen and oxygen atoms in total. The second kappa shape index (κ2) is 5.06. The Morgan fingerprint density at radius 3 is 2.57 bits per heavy atom. The molecule has 0 spiro atoms. The zero-order chi connectivity index (χ0) is 15.1.